The zero-order valence-electron chi connectivity index (χ0n) is 7.73. The summed E-state index contributed by atoms with van der Waals surface area (Å²) in [5.74, 6) is 6.62. The van der Waals surface area contributed by atoms with Gasteiger partial charge >= 0.3 is 0 Å². The molecule has 1 unspecified atom stereocenters. The van der Waals surface area contributed by atoms with Gasteiger partial charge in [0.25, 0.3) is 0 Å². The van der Waals surface area contributed by atoms with Crippen molar-refractivity contribution in [3.05, 3.63) is 0 Å². The van der Waals surface area contributed by atoms with Gasteiger partial charge in [-0.1, -0.05) is 5.92 Å². The fraction of sp³-hybridized carbons (Fsp3) is 0.800. The SMILES string of the molecule is CC#CCNCCC1CCOC1. The Balaban J connectivity index is 1.90. The van der Waals surface area contributed by atoms with Crippen molar-refractivity contribution in [1.82, 2.24) is 5.32 Å². The molecule has 0 spiro atoms. The van der Waals surface area contributed by atoms with Gasteiger partial charge in [-0.25, -0.2) is 0 Å². The van der Waals surface area contributed by atoms with Crippen LogP contribution in [0.5, 0.6) is 0 Å². The number of nitrogens with one attached hydrogen (secondary N) is 1. The van der Waals surface area contributed by atoms with Gasteiger partial charge in [0.15, 0.2) is 0 Å². The largest absolute Gasteiger partial charge is 0.381 e. The van der Waals surface area contributed by atoms with E-state index in [1.807, 2.05) is 6.92 Å². The molecule has 2 heteroatoms. The molecule has 0 aromatic carbocycles. The third-order valence-electron chi connectivity index (χ3n) is 2.14. The van der Waals surface area contributed by atoms with Gasteiger partial charge in [0.05, 0.1) is 6.54 Å². The molecule has 1 fully saturated rings. The van der Waals surface area contributed by atoms with Crippen LogP contribution in [0.4, 0.5) is 0 Å². The first kappa shape index (κ1) is 9.57. The van der Waals surface area contributed by atoms with E-state index in [-0.39, 0.29) is 0 Å². The molecule has 0 bridgehead atoms. The molecule has 0 aromatic rings. The number of hydrogen-bond donors (Lipinski definition) is 1. The van der Waals surface area contributed by atoms with E-state index in [0.717, 1.165) is 32.2 Å². The van der Waals surface area contributed by atoms with Crippen LogP contribution in [-0.4, -0.2) is 26.3 Å². The Hall–Kier alpha value is -0.520. The zero-order chi connectivity index (χ0) is 8.65. The van der Waals surface area contributed by atoms with Crippen molar-refractivity contribution in [2.45, 2.75) is 19.8 Å². The molecular weight excluding hydrogens is 150 g/mol. The van der Waals surface area contributed by atoms with Gasteiger partial charge in [-0.15, -0.1) is 5.92 Å². The van der Waals surface area contributed by atoms with Crippen molar-refractivity contribution in [3.8, 4) is 11.8 Å². The van der Waals surface area contributed by atoms with E-state index in [0.29, 0.717) is 0 Å². The van der Waals surface area contributed by atoms with Crippen LogP contribution in [-0.2, 0) is 4.74 Å². The smallest absolute Gasteiger partial charge is 0.0576 e. The average Bonchev–Trinajstić information content (AvgIpc) is 2.57. The lowest BCUT2D eigenvalue weighted by atomic mass is 10.1. The lowest BCUT2D eigenvalue weighted by Gasteiger charge is -2.05. The van der Waals surface area contributed by atoms with E-state index in [2.05, 4.69) is 17.2 Å². The van der Waals surface area contributed by atoms with Crippen molar-refractivity contribution < 1.29 is 4.74 Å². The van der Waals surface area contributed by atoms with Gasteiger partial charge in [-0.3, -0.25) is 0 Å². The van der Waals surface area contributed by atoms with Gasteiger partial charge in [0.2, 0.25) is 0 Å². The lowest BCUT2D eigenvalue weighted by molar-refractivity contribution is 0.184. The van der Waals surface area contributed by atoms with Gasteiger partial charge in [0, 0.05) is 13.2 Å². The predicted molar refractivity (Wildman–Crippen MR) is 49.9 cm³/mol. The summed E-state index contributed by atoms with van der Waals surface area (Å²) < 4.78 is 5.28. The Labute approximate surface area is 74.7 Å². The topological polar surface area (TPSA) is 21.3 Å². The fourth-order valence-corrected chi connectivity index (χ4v) is 1.36. The van der Waals surface area contributed by atoms with E-state index in [1.165, 1.54) is 12.8 Å². The van der Waals surface area contributed by atoms with Crippen LogP contribution in [0.25, 0.3) is 0 Å². The molecule has 68 valence electrons. The third-order valence-corrected chi connectivity index (χ3v) is 2.14. The minimum atomic E-state index is 0.784. The fourth-order valence-electron chi connectivity index (χ4n) is 1.36. The summed E-state index contributed by atoms with van der Waals surface area (Å²) in [7, 11) is 0. The molecule has 1 aliphatic rings. The molecule has 12 heavy (non-hydrogen) atoms. The standard InChI is InChI=1S/C10H17NO/c1-2-3-6-11-7-4-10-5-8-12-9-10/h10-11H,4-9H2,1H3. The Kier molecular flexibility index (Phi) is 4.82. The first-order chi connectivity index (χ1) is 5.93. The molecule has 1 atom stereocenters. The van der Waals surface area contributed by atoms with Crippen molar-refractivity contribution in [3.63, 3.8) is 0 Å². The van der Waals surface area contributed by atoms with Crippen LogP contribution in [0.15, 0.2) is 0 Å². The Bertz CT molecular complexity index is 162. The maximum absolute atomic E-state index is 5.28. The second-order valence-electron chi connectivity index (χ2n) is 3.12. The minimum Gasteiger partial charge on any atom is -0.381 e. The van der Waals surface area contributed by atoms with Crippen molar-refractivity contribution >= 4 is 0 Å². The Morgan fingerprint density at radius 2 is 2.50 bits per heavy atom. The van der Waals surface area contributed by atoms with Crippen LogP contribution >= 0.6 is 0 Å². The zero-order valence-corrected chi connectivity index (χ0v) is 7.73. The summed E-state index contributed by atoms with van der Waals surface area (Å²) in [6, 6.07) is 0. The minimum absolute atomic E-state index is 0.784. The normalized spacial score (nSPS) is 21.9. The molecule has 0 amide bonds. The van der Waals surface area contributed by atoms with Gasteiger partial charge < -0.3 is 10.1 Å². The van der Waals surface area contributed by atoms with Crippen LogP contribution in [0.1, 0.15) is 19.8 Å². The molecule has 0 aromatic heterocycles. The molecule has 1 rings (SSSR count). The maximum atomic E-state index is 5.28. The van der Waals surface area contributed by atoms with E-state index in [1.54, 1.807) is 0 Å². The van der Waals surface area contributed by atoms with Crippen molar-refractivity contribution in [1.29, 1.82) is 0 Å². The van der Waals surface area contributed by atoms with Crippen molar-refractivity contribution in [2.24, 2.45) is 5.92 Å². The summed E-state index contributed by atoms with van der Waals surface area (Å²) in [6.07, 6.45) is 2.46. The number of ether oxygens (including phenoxy) is 1. The van der Waals surface area contributed by atoms with Crippen molar-refractivity contribution in [2.75, 3.05) is 26.3 Å². The highest BCUT2D eigenvalue weighted by Gasteiger charge is 2.14. The molecule has 1 N–H and O–H groups in total. The number of rotatable bonds is 4. The van der Waals surface area contributed by atoms with E-state index < -0.39 is 0 Å². The summed E-state index contributed by atoms with van der Waals surface area (Å²) >= 11 is 0. The molecule has 1 aliphatic heterocycles. The quantitative estimate of drug-likeness (QED) is 0.498. The second kappa shape index (κ2) is 6.05. The molecule has 2 nitrogen and oxygen atoms in total. The van der Waals surface area contributed by atoms with Gasteiger partial charge in [-0.05, 0) is 32.2 Å². The summed E-state index contributed by atoms with van der Waals surface area (Å²) in [5, 5.41) is 3.28. The van der Waals surface area contributed by atoms with E-state index in [9.17, 15) is 0 Å². The van der Waals surface area contributed by atoms with E-state index in [4.69, 9.17) is 4.74 Å². The van der Waals surface area contributed by atoms with Crippen LogP contribution in [0.3, 0.4) is 0 Å². The first-order valence-electron chi connectivity index (χ1n) is 4.61. The van der Waals surface area contributed by atoms with Crippen LogP contribution < -0.4 is 5.32 Å². The highest BCUT2D eigenvalue weighted by Crippen LogP contribution is 2.14. The molecule has 1 heterocycles. The second-order valence-corrected chi connectivity index (χ2v) is 3.12. The summed E-state index contributed by atoms with van der Waals surface area (Å²) in [5.41, 5.74) is 0. The molecule has 0 saturated carbocycles. The van der Waals surface area contributed by atoms with Gasteiger partial charge in [0.1, 0.15) is 0 Å². The number of hydrogen-bond acceptors (Lipinski definition) is 2. The van der Waals surface area contributed by atoms with E-state index >= 15 is 0 Å². The maximum Gasteiger partial charge on any atom is 0.0576 e. The summed E-state index contributed by atoms with van der Waals surface area (Å²) in [6.45, 7) is 5.68. The molecular formula is C10H17NO. The third kappa shape index (κ3) is 3.75. The highest BCUT2D eigenvalue weighted by atomic mass is 16.5. The molecule has 0 radical (unpaired) electrons. The summed E-state index contributed by atoms with van der Waals surface area (Å²) in [4.78, 5) is 0. The lowest BCUT2D eigenvalue weighted by Crippen LogP contribution is -2.18. The highest BCUT2D eigenvalue weighted by molar-refractivity contribution is 4.96. The monoisotopic (exact) mass is 167 g/mol. The van der Waals surface area contributed by atoms with Crippen LogP contribution in [0, 0.1) is 17.8 Å². The first-order valence-corrected chi connectivity index (χ1v) is 4.61. The predicted octanol–water partition coefficient (Wildman–Crippen LogP) is 1.03. The average molecular weight is 167 g/mol. The molecule has 1 saturated heterocycles. The van der Waals surface area contributed by atoms with Gasteiger partial charge in [-0.2, -0.15) is 0 Å². The van der Waals surface area contributed by atoms with Crippen LogP contribution in [0.2, 0.25) is 0 Å². The Morgan fingerprint density at radius 1 is 1.58 bits per heavy atom. The Morgan fingerprint density at radius 3 is 3.17 bits per heavy atom. The molecule has 0 aliphatic carbocycles.